The Morgan fingerprint density at radius 1 is 1.26 bits per heavy atom. The molecule has 0 saturated carbocycles. The second-order valence-corrected chi connectivity index (χ2v) is 7.33. The van der Waals surface area contributed by atoms with E-state index in [0.29, 0.717) is 18.2 Å². The van der Waals surface area contributed by atoms with Crippen LogP contribution in [-0.2, 0) is 11.3 Å². The van der Waals surface area contributed by atoms with Gasteiger partial charge in [0, 0.05) is 37.7 Å². The fourth-order valence-electron chi connectivity index (χ4n) is 4.82. The Labute approximate surface area is 139 Å². The topological polar surface area (TPSA) is 15.7 Å². The van der Waals surface area contributed by atoms with Crippen molar-refractivity contribution in [1.29, 1.82) is 0 Å². The Balaban J connectivity index is 1.62. The van der Waals surface area contributed by atoms with Crippen LogP contribution in [0.2, 0.25) is 0 Å². The smallest absolute Gasteiger partial charge is 0.110 e. The Hall–Kier alpha value is -1.74. The Bertz CT molecular complexity index is 638. The van der Waals surface area contributed by atoms with Crippen molar-refractivity contribution in [3.8, 4) is 0 Å². The predicted molar refractivity (Wildman–Crippen MR) is 92.4 cm³/mol. The van der Waals surface area contributed by atoms with Gasteiger partial charge in [-0.15, -0.1) is 0 Å². The van der Waals surface area contributed by atoms with Crippen LogP contribution in [0.25, 0.3) is 0 Å². The van der Waals surface area contributed by atoms with Gasteiger partial charge in [-0.1, -0.05) is 49.4 Å². The zero-order valence-corrected chi connectivity index (χ0v) is 14.3. The second-order valence-electron chi connectivity index (χ2n) is 7.33. The van der Waals surface area contributed by atoms with E-state index in [1.165, 1.54) is 11.3 Å². The van der Waals surface area contributed by atoms with Gasteiger partial charge >= 0.3 is 0 Å². The third kappa shape index (κ3) is 2.21. The average Bonchev–Trinajstić information content (AvgIpc) is 3.02. The predicted octanol–water partition coefficient (Wildman–Crippen LogP) is 3.60. The van der Waals surface area contributed by atoms with Crippen LogP contribution in [0, 0.1) is 11.3 Å². The van der Waals surface area contributed by atoms with Crippen LogP contribution in [0.5, 0.6) is 0 Å². The lowest BCUT2D eigenvalue weighted by Crippen LogP contribution is -2.43. The van der Waals surface area contributed by atoms with Crippen LogP contribution < -0.4 is 0 Å². The number of hydrogen-bond donors (Lipinski definition) is 0. The largest absolute Gasteiger partial charge is 0.381 e. The summed E-state index contributed by atoms with van der Waals surface area (Å²) in [5, 5.41) is 0. The number of benzene rings is 1. The first-order valence-electron chi connectivity index (χ1n) is 8.58. The van der Waals surface area contributed by atoms with E-state index in [2.05, 4.69) is 72.5 Å². The molecule has 0 spiro atoms. The number of likely N-dealkylation sites (tertiary alicyclic amines) is 1. The summed E-state index contributed by atoms with van der Waals surface area (Å²) in [7, 11) is 4.10. The van der Waals surface area contributed by atoms with E-state index in [1.807, 2.05) is 7.11 Å². The van der Waals surface area contributed by atoms with Crippen LogP contribution in [0.1, 0.15) is 25.3 Å². The minimum absolute atomic E-state index is 0.173. The Morgan fingerprint density at radius 2 is 2.04 bits per heavy atom. The highest BCUT2D eigenvalue weighted by molar-refractivity contribution is 5.31. The standard InChI is InChI=1S/C20H26N2O/c1-20-11-12-22(14-15-7-5-4-6-8-15)19(20)21(2)18-10-9-16(23-3)13-17(18)20/h4-8,10-12,16-17,19H,9,13-14H2,1-3H3. The molecule has 3 nitrogen and oxygen atoms in total. The SMILES string of the molecule is COC1CC=C2C(C1)C1(C)C=CN(Cc3ccccc3)C1N2C. The van der Waals surface area contributed by atoms with Gasteiger partial charge in [0.15, 0.2) is 0 Å². The molecule has 1 aliphatic carbocycles. The van der Waals surface area contributed by atoms with Gasteiger partial charge in [0.1, 0.15) is 6.17 Å². The normalized spacial score (nSPS) is 35.3. The summed E-state index contributed by atoms with van der Waals surface area (Å²) in [6.07, 6.45) is 10.1. The second kappa shape index (κ2) is 5.41. The molecule has 0 aromatic heterocycles. The van der Waals surface area contributed by atoms with Crippen molar-refractivity contribution in [2.45, 2.75) is 38.6 Å². The summed E-state index contributed by atoms with van der Waals surface area (Å²) < 4.78 is 5.65. The number of ether oxygens (including phenoxy) is 1. The number of hydrogen-bond acceptors (Lipinski definition) is 3. The Morgan fingerprint density at radius 3 is 2.78 bits per heavy atom. The zero-order chi connectivity index (χ0) is 16.0. The molecule has 2 heterocycles. The lowest BCUT2D eigenvalue weighted by molar-refractivity contribution is 0.0583. The summed E-state index contributed by atoms with van der Waals surface area (Å²) in [6.45, 7) is 3.38. The molecule has 4 atom stereocenters. The number of fused-ring (bicyclic) bond motifs is 3. The van der Waals surface area contributed by atoms with Crippen molar-refractivity contribution in [3.63, 3.8) is 0 Å². The van der Waals surface area contributed by atoms with Gasteiger partial charge in [-0.05, 0) is 24.6 Å². The van der Waals surface area contributed by atoms with Crippen molar-refractivity contribution in [2.75, 3.05) is 14.2 Å². The lowest BCUT2D eigenvalue weighted by atomic mass is 9.73. The van der Waals surface area contributed by atoms with Crippen LogP contribution in [0.15, 0.2) is 54.4 Å². The summed E-state index contributed by atoms with van der Waals surface area (Å²) in [4.78, 5) is 5.00. The van der Waals surface area contributed by atoms with Gasteiger partial charge in [-0.3, -0.25) is 0 Å². The van der Waals surface area contributed by atoms with Gasteiger partial charge in [-0.25, -0.2) is 0 Å². The first kappa shape index (κ1) is 14.8. The first-order chi connectivity index (χ1) is 11.1. The Kier molecular flexibility index (Phi) is 3.49. The minimum Gasteiger partial charge on any atom is -0.381 e. The summed E-state index contributed by atoms with van der Waals surface area (Å²) in [5.74, 6) is 0.563. The lowest BCUT2D eigenvalue weighted by Gasteiger charge is -2.36. The van der Waals surface area contributed by atoms with Crippen LogP contribution in [0.3, 0.4) is 0 Å². The van der Waals surface area contributed by atoms with Crippen molar-refractivity contribution in [2.24, 2.45) is 11.3 Å². The average molecular weight is 310 g/mol. The van der Waals surface area contributed by atoms with Gasteiger partial charge in [0.05, 0.1) is 6.10 Å². The fourth-order valence-corrected chi connectivity index (χ4v) is 4.82. The van der Waals surface area contributed by atoms with Gasteiger partial charge in [0.2, 0.25) is 0 Å². The molecule has 1 fully saturated rings. The number of nitrogens with zero attached hydrogens (tertiary/aromatic N) is 2. The highest BCUT2D eigenvalue weighted by Gasteiger charge is 2.56. The molecule has 3 aliphatic rings. The molecule has 2 aliphatic heterocycles. The molecule has 1 aromatic carbocycles. The number of allylic oxidation sites excluding steroid dienone is 1. The fraction of sp³-hybridized carbons (Fsp3) is 0.500. The molecule has 1 saturated heterocycles. The molecular formula is C20H26N2O. The summed E-state index contributed by atoms with van der Waals surface area (Å²) >= 11 is 0. The van der Waals surface area contributed by atoms with E-state index in [9.17, 15) is 0 Å². The summed E-state index contributed by atoms with van der Waals surface area (Å²) in [6, 6.07) is 10.8. The highest BCUT2D eigenvalue weighted by Crippen LogP contribution is 2.55. The van der Waals surface area contributed by atoms with Gasteiger partial charge in [0.25, 0.3) is 0 Å². The molecule has 1 aromatic rings. The maximum absolute atomic E-state index is 5.65. The molecule has 23 heavy (non-hydrogen) atoms. The van der Waals surface area contributed by atoms with E-state index >= 15 is 0 Å². The maximum atomic E-state index is 5.65. The molecular weight excluding hydrogens is 284 g/mol. The van der Waals surface area contributed by atoms with Crippen LogP contribution in [0.4, 0.5) is 0 Å². The number of methoxy groups -OCH3 is 1. The van der Waals surface area contributed by atoms with Crippen LogP contribution >= 0.6 is 0 Å². The minimum atomic E-state index is 0.173. The van der Waals surface area contributed by atoms with E-state index in [-0.39, 0.29) is 5.41 Å². The molecule has 4 unspecified atom stereocenters. The molecule has 0 N–H and O–H groups in total. The van der Waals surface area contributed by atoms with Gasteiger partial charge < -0.3 is 14.5 Å². The maximum Gasteiger partial charge on any atom is 0.110 e. The van der Waals surface area contributed by atoms with Crippen LogP contribution in [-0.4, -0.2) is 36.2 Å². The number of rotatable bonds is 3. The van der Waals surface area contributed by atoms with Crippen molar-refractivity contribution >= 4 is 0 Å². The third-order valence-electron chi connectivity index (χ3n) is 6.01. The molecule has 4 rings (SSSR count). The van der Waals surface area contributed by atoms with E-state index in [4.69, 9.17) is 4.74 Å². The zero-order valence-electron chi connectivity index (χ0n) is 14.3. The monoisotopic (exact) mass is 310 g/mol. The van der Waals surface area contributed by atoms with Crippen molar-refractivity contribution < 1.29 is 4.74 Å². The van der Waals surface area contributed by atoms with Gasteiger partial charge in [-0.2, -0.15) is 0 Å². The van der Waals surface area contributed by atoms with E-state index in [1.54, 1.807) is 0 Å². The quantitative estimate of drug-likeness (QED) is 0.848. The van der Waals surface area contributed by atoms with Crippen molar-refractivity contribution in [1.82, 2.24) is 9.80 Å². The van der Waals surface area contributed by atoms with Crippen molar-refractivity contribution in [3.05, 3.63) is 59.9 Å². The molecule has 0 amide bonds. The van der Waals surface area contributed by atoms with E-state index < -0.39 is 0 Å². The molecule has 122 valence electrons. The summed E-state index contributed by atoms with van der Waals surface area (Å²) in [5.41, 5.74) is 3.05. The molecule has 0 radical (unpaired) electrons. The highest BCUT2D eigenvalue weighted by atomic mass is 16.5. The molecule has 0 bridgehead atoms. The van der Waals surface area contributed by atoms with E-state index in [0.717, 1.165) is 19.4 Å². The first-order valence-corrected chi connectivity index (χ1v) is 8.58. The third-order valence-corrected chi connectivity index (χ3v) is 6.01. The molecule has 3 heteroatoms.